The molecule has 0 spiro atoms. The quantitative estimate of drug-likeness (QED) is 0.935. The molecule has 1 atom stereocenters. The van der Waals surface area contributed by atoms with Crippen LogP contribution in [-0.2, 0) is 12.8 Å². The van der Waals surface area contributed by atoms with Crippen LogP contribution in [0.1, 0.15) is 22.8 Å². The van der Waals surface area contributed by atoms with Crippen molar-refractivity contribution >= 4 is 11.6 Å². The van der Waals surface area contributed by atoms with Crippen molar-refractivity contribution < 1.29 is 9.84 Å². The van der Waals surface area contributed by atoms with Crippen molar-refractivity contribution in [3.05, 3.63) is 52.3 Å². The molecule has 1 aromatic heterocycles. The topological polar surface area (TPSA) is 55.2 Å². The molecule has 1 aliphatic heterocycles. The van der Waals surface area contributed by atoms with Gasteiger partial charge in [0.05, 0.1) is 18.9 Å². The maximum absolute atomic E-state index is 10.2. The third kappa shape index (κ3) is 2.55. The number of nitrogens with zero attached hydrogens (tertiary/aromatic N) is 2. The van der Waals surface area contributed by atoms with Crippen LogP contribution >= 0.6 is 11.6 Å². The molecule has 98 valence electrons. The lowest BCUT2D eigenvalue weighted by Gasteiger charge is -2.13. The van der Waals surface area contributed by atoms with Crippen LogP contribution in [-0.4, -0.2) is 21.9 Å². The molecule has 1 N–H and O–H groups in total. The molecule has 2 heterocycles. The van der Waals surface area contributed by atoms with Crippen LogP contribution in [0, 0.1) is 0 Å². The van der Waals surface area contributed by atoms with E-state index >= 15 is 0 Å². The van der Waals surface area contributed by atoms with Gasteiger partial charge in [-0.1, -0.05) is 11.6 Å². The molecule has 0 bridgehead atoms. The SMILES string of the molecule is OC(Cc1cc(Cl)cc2c1OCC2)c1ccnnc1. The van der Waals surface area contributed by atoms with Crippen molar-refractivity contribution in [1.82, 2.24) is 10.2 Å². The third-order valence-corrected chi connectivity index (χ3v) is 3.45. The first-order valence-corrected chi connectivity index (χ1v) is 6.50. The van der Waals surface area contributed by atoms with Crippen LogP contribution in [0.15, 0.2) is 30.6 Å². The Morgan fingerprint density at radius 1 is 1.37 bits per heavy atom. The molecule has 3 rings (SSSR count). The van der Waals surface area contributed by atoms with E-state index in [9.17, 15) is 5.11 Å². The molecular formula is C14H13ClN2O2. The number of hydrogen-bond acceptors (Lipinski definition) is 4. The molecule has 4 nitrogen and oxygen atoms in total. The zero-order chi connectivity index (χ0) is 13.2. The van der Waals surface area contributed by atoms with Gasteiger partial charge in [0.15, 0.2) is 0 Å². The highest BCUT2D eigenvalue weighted by Crippen LogP contribution is 2.35. The molecular weight excluding hydrogens is 264 g/mol. The predicted octanol–water partition coefficient (Wildman–Crippen LogP) is 2.34. The Balaban J connectivity index is 1.88. The summed E-state index contributed by atoms with van der Waals surface area (Å²) in [5.41, 5.74) is 2.79. The van der Waals surface area contributed by atoms with Crippen LogP contribution in [0.3, 0.4) is 0 Å². The standard InChI is InChI=1S/C14H13ClN2O2/c15-12-5-9-2-4-19-14(9)11(6-12)7-13(18)10-1-3-16-17-8-10/h1,3,5-6,8,13,18H,2,4,7H2. The first-order chi connectivity index (χ1) is 9.24. The van der Waals surface area contributed by atoms with Gasteiger partial charge in [-0.05, 0) is 29.3 Å². The van der Waals surface area contributed by atoms with Gasteiger partial charge in [0.25, 0.3) is 0 Å². The van der Waals surface area contributed by atoms with Gasteiger partial charge >= 0.3 is 0 Å². The van der Waals surface area contributed by atoms with Crippen LogP contribution in [0.2, 0.25) is 5.02 Å². The number of ether oxygens (including phenoxy) is 1. The number of aromatic nitrogens is 2. The number of halogens is 1. The smallest absolute Gasteiger partial charge is 0.126 e. The Labute approximate surface area is 116 Å². The molecule has 1 aliphatic rings. The first kappa shape index (κ1) is 12.4. The number of aliphatic hydroxyl groups is 1. The van der Waals surface area contributed by atoms with E-state index in [0.29, 0.717) is 18.1 Å². The normalized spacial score (nSPS) is 14.8. The maximum atomic E-state index is 10.2. The summed E-state index contributed by atoms with van der Waals surface area (Å²) >= 11 is 6.10. The van der Waals surface area contributed by atoms with Crippen LogP contribution in [0.5, 0.6) is 5.75 Å². The highest BCUT2D eigenvalue weighted by Gasteiger charge is 2.20. The van der Waals surface area contributed by atoms with Gasteiger partial charge in [-0.2, -0.15) is 10.2 Å². The van der Waals surface area contributed by atoms with E-state index in [1.54, 1.807) is 18.5 Å². The summed E-state index contributed by atoms with van der Waals surface area (Å²) in [4.78, 5) is 0. The van der Waals surface area contributed by atoms with Crippen molar-refractivity contribution in [3.8, 4) is 5.75 Å². The summed E-state index contributed by atoms with van der Waals surface area (Å²) in [5, 5.41) is 18.4. The minimum atomic E-state index is -0.637. The fourth-order valence-corrected chi connectivity index (χ4v) is 2.59. The third-order valence-electron chi connectivity index (χ3n) is 3.23. The van der Waals surface area contributed by atoms with Gasteiger partial charge in [-0.3, -0.25) is 0 Å². The molecule has 0 saturated carbocycles. The highest BCUT2D eigenvalue weighted by atomic mass is 35.5. The van der Waals surface area contributed by atoms with Crippen LogP contribution in [0.4, 0.5) is 0 Å². The average molecular weight is 277 g/mol. The fourth-order valence-electron chi connectivity index (χ4n) is 2.32. The van der Waals surface area contributed by atoms with E-state index in [1.165, 1.54) is 0 Å². The van der Waals surface area contributed by atoms with Gasteiger partial charge in [0, 0.05) is 29.6 Å². The molecule has 0 aliphatic carbocycles. The minimum absolute atomic E-state index is 0.453. The van der Waals surface area contributed by atoms with Crippen molar-refractivity contribution in [2.75, 3.05) is 6.61 Å². The van der Waals surface area contributed by atoms with E-state index in [4.69, 9.17) is 16.3 Å². The second kappa shape index (κ2) is 5.15. The molecule has 1 unspecified atom stereocenters. The molecule has 0 radical (unpaired) electrons. The van der Waals surface area contributed by atoms with Crippen molar-refractivity contribution in [3.63, 3.8) is 0 Å². The zero-order valence-corrected chi connectivity index (χ0v) is 11.0. The van der Waals surface area contributed by atoms with E-state index < -0.39 is 6.10 Å². The molecule has 0 amide bonds. The Morgan fingerprint density at radius 3 is 3.05 bits per heavy atom. The van der Waals surface area contributed by atoms with Crippen LogP contribution in [0.25, 0.3) is 0 Å². The Bertz CT molecular complexity index is 589. The summed E-state index contributed by atoms with van der Waals surface area (Å²) in [7, 11) is 0. The number of hydrogen-bond donors (Lipinski definition) is 1. The van der Waals surface area contributed by atoms with Gasteiger partial charge in [0.1, 0.15) is 5.75 Å². The minimum Gasteiger partial charge on any atom is -0.493 e. The van der Waals surface area contributed by atoms with Gasteiger partial charge in [-0.15, -0.1) is 0 Å². The highest BCUT2D eigenvalue weighted by molar-refractivity contribution is 6.30. The largest absolute Gasteiger partial charge is 0.493 e. The van der Waals surface area contributed by atoms with E-state index in [1.807, 2.05) is 12.1 Å². The van der Waals surface area contributed by atoms with Crippen molar-refractivity contribution in [1.29, 1.82) is 0 Å². The second-order valence-corrected chi connectivity index (χ2v) is 4.98. The fraction of sp³-hybridized carbons (Fsp3) is 0.286. The molecule has 1 aromatic carbocycles. The van der Waals surface area contributed by atoms with E-state index in [0.717, 1.165) is 28.9 Å². The lowest BCUT2D eigenvalue weighted by Crippen LogP contribution is -2.04. The summed E-state index contributed by atoms with van der Waals surface area (Å²) in [5.74, 6) is 0.866. The number of aliphatic hydroxyl groups excluding tert-OH is 1. The average Bonchev–Trinajstić information content (AvgIpc) is 2.88. The summed E-state index contributed by atoms with van der Waals surface area (Å²) in [6, 6.07) is 5.53. The summed E-state index contributed by atoms with van der Waals surface area (Å²) in [6.07, 6.45) is 3.82. The monoisotopic (exact) mass is 276 g/mol. The van der Waals surface area contributed by atoms with E-state index in [2.05, 4.69) is 10.2 Å². The molecule has 5 heteroatoms. The number of fused-ring (bicyclic) bond motifs is 1. The molecule has 0 saturated heterocycles. The first-order valence-electron chi connectivity index (χ1n) is 6.13. The lowest BCUT2D eigenvalue weighted by molar-refractivity contribution is 0.176. The molecule has 19 heavy (non-hydrogen) atoms. The summed E-state index contributed by atoms with van der Waals surface area (Å²) < 4.78 is 5.62. The Kier molecular flexibility index (Phi) is 3.36. The zero-order valence-electron chi connectivity index (χ0n) is 10.2. The second-order valence-electron chi connectivity index (χ2n) is 4.55. The van der Waals surface area contributed by atoms with Gasteiger partial charge in [-0.25, -0.2) is 0 Å². The molecule has 0 fully saturated rings. The number of rotatable bonds is 3. The summed E-state index contributed by atoms with van der Waals surface area (Å²) in [6.45, 7) is 0.676. The van der Waals surface area contributed by atoms with Gasteiger partial charge < -0.3 is 9.84 Å². The van der Waals surface area contributed by atoms with Gasteiger partial charge in [0.2, 0.25) is 0 Å². The van der Waals surface area contributed by atoms with Crippen molar-refractivity contribution in [2.45, 2.75) is 18.9 Å². The van der Waals surface area contributed by atoms with Crippen molar-refractivity contribution in [2.24, 2.45) is 0 Å². The van der Waals surface area contributed by atoms with Crippen LogP contribution < -0.4 is 4.74 Å². The van der Waals surface area contributed by atoms with E-state index in [-0.39, 0.29) is 0 Å². The lowest BCUT2D eigenvalue weighted by atomic mass is 10.00. The number of benzene rings is 1. The maximum Gasteiger partial charge on any atom is 0.126 e. The predicted molar refractivity (Wildman–Crippen MR) is 71.3 cm³/mol. The Morgan fingerprint density at radius 2 is 2.26 bits per heavy atom. The Hall–Kier alpha value is -1.65. The molecule has 2 aromatic rings.